The van der Waals surface area contributed by atoms with Gasteiger partial charge in [0.1, 0.15) is 11.6 Å². The fourth-order valence-electron chi connectivity index (χ4n) is 3.28. The van der Waals surface area contributed by atoms with E-state index in [2.05, 4.69) is 5.32 Å². The lowest BCUT2D eigenvalue weighted by atomic mass is 9.85. The van der Waals surface area contributed by atoms with Crippen LogP contribution in [0.4, 0.5) is 0 Å². The van der Waals surface area contributed by atoms with Gasteiger partial charge in [-0.2, -0.15) is 0 Å². The fourth-order valence-corrected chi connectivity index (χ4v) is 3.28. The quantitative estimate of drug-likeness (QED) is 0.902. The molecule has 2 amide bonds. The molecule has 0 aromatic heterocycles. The highest BCUT2D eigenvalue weighted by Crippen LogP contribution is 2.29. The van der Waals surface area contributed by atoms with Gasteiger partial charge in [-0.1, -0.05) is 44.2 Å². The van der Waals surface area contributed by atoms with Crippen LogP contribution in [-0.2, 0) is 16.0 Å². The molecule has 4 nitrogen and oxygen atoms in total. The van der Waals surface area contributed by atoms with Crippen LogP contribution in [0.25, 0.3) is 0 Å². The molecule has 0 spiro atoms. The molecule has 1 aromatic carbocycles. The van der Waals surface area contributed by atoms with Crippen LogP contribution >= 0.6 is 0 Å². The number of carbonyl (C=O) groups excluding carboxylic acids is 2. The molecule has 1 fully saturated rings. The van der Waals surface area contributed by atoms with Gasteiger partial charge in [0.2, 0.25) is 11.8 Å². The summed E-state index contributed by atoms with van der Waals surface area (Å²) in [6.45, 7) is 6.45. The average molecular weight is 288 g/mol. The first-order valence-corrected chi connectivity index (χ1v) is 7.75. The van der Waals surface area contributed by atoms with E-state index in [-0.39, 0.29) is 11.8 Å². The number of nitrogens with zero attached hydrogens (tertiary/aromatic N) is 1. The second-order valence-electron chi connectivity index (χ2n) is 5.54. The third-order valence-corrected chi connectivity index (χ3v) is 4.58. The molecule has 1 N–H and O–H groups in total. The third kappa shape index (κ3) is 2.67. The second-order valence-corrected chi connectivity index (χ2v) is 5.54. The van der Waals surface area contributed by atoms with Crippen molar-refractivity contribution in [1.29, 1.82) is 0 Å². The number of likely N-dealkylation sites (N-methyl/N-ethyl adjacent to an activating group) is 1. The average Bonchev–Trinajstić information content (AvgIpc) is 2.51. The van der Waals surface area contributed by atoms with Crippen LogP contribution in [0.15, 0.2) is 30.3 Å². The summed E-state index contributed by atoms with van der Waals surface area (Å²) < 4.78 is 0. The maximum Gasteiger partial charge on any atom is 0.246 e. The third-order valence-electron chi connectivity index (χ3n) is 4.58. The summed E-state index contributed by atoms with van der Waals surface area (Å²) in [5.74, 6) is 0.0135. The first-order valence-electron chi connectivity index (χ1n) is 7.75. The van der Waals surface area contributed by atoms with Gasteiger partial charge in [0.05, 0.1) is 0 Å². The molecule has 0 aliphatic carbocycles. The van der Waals surface area contributed by atoms with Gasteiger partial charge in [-0.15, -0.1) is 0 Å². The van der Waals surface area contributed by atoms with E-state index in [4.69, 9.17) is 0 Å². The Morgan fingerprint density at radius 3 is 2.24 bits per heavy atom. The maximum atomic E-state index is 12.8. The van der Waals surface area contributed by atoms with Gasteiger partial charge >= 0.3 is 0 Å². The SMILES string of the molecule is CCN1C(=O)C(Cc2ccccc2)NC(=O)C1(CC)CC. The van der Waals surface area contributed by atoms with Crippen molar-refractivity contribution in [2.24, 2.45) is 0 Å². The number of nitrogens with one attached hydrogen (secondary N) is 1. The Morgan fingerprint density at radius 2 is 1.71 bits per heavy atom. The van der Waals surface area contributed by atoms with E-state index in [0.717, 1.165) is 5.56 Å². The highest BCUT2D eigenvalue weighted by molar-refractivity contribution is 5.99. The molecule has 21 heavy (non-hydrogen) atoms. The Labute approximate surface area is 126 Å². The molecule has 1 aromatic rings. The molecular weight excluding hydrogens is 264 g/mol. The van der Waals surface area contributed by atoms with Gasteiger partial charge in [0.15, 0.2) is 0 Å². The van der Waals surface area contributed by atoms with E-state index in [1.165, 1.54) is 0 Å². The number of piperazine rings is 1. The number of rotatable bonds is 5. The first-order chi connectivity index (χ1) is 10.1. The van der Waals surface area contributed by atoms with Crippen LogP contribution < -0.4 is 5.32 Å². The van der Waals surface area contributed by atoms with Gasteiger partial charge in [0, 0.05) is 13.0 Å². The summed E-state index contributed by atoms with van der Waals surface area (Å²) in [5.41, 5.74) is 0.381. The van der Waals surface area contributed by atoms with Crippen molar-refractivity contribution in [3.63, 3.8) is 0 Å². The number of carbonyl (C=O) groups is 2. The number of hydrogen-bond acceptors (Lipinski definition) is 2. The standard InChI is InChI=1S/C17H24N2O2/c1-4-17(5-2)16(21)18-14(15(20)19(17)6-3)12-13-10-8-7-9-11-13/h7-11,14H,4-6,12H2,1-3H3,(H,18,21). The highest BCUT2D eigenvalue weighted by atomic mass is 16.2. The van der Waals surface area contributed by atoms with Crippen LogP contribution in [0.5, 0.6) is 0 Å². The van der Waals surface area contributed by atoms with Crippen LogP contribution in [0.2, 0.25) is 0 Å². The van der Waals surface area contributed by atoms with Crippen LogP contribution in [0.3, 0.4) is 0 Å². The summed E-state index contributed by atoms with van der Waals surface area (Å²) in [6.07, 6.45) is 1.84. The van der Waals surface area contributed by atoms with Crippen molar-refractivity contribution in [3.8, 4) is 0 Å². The van der Waals surface area contributed by atoms with Crippen molar-refractivity contribution in [1.82, 2.24) is 10.2 Å². The fraction of sp³-hybridized carbons (Fsp3) is 0.529. The van der Waals surface area contributed by atoms with E-state index in [0.29, 0.717) is 25.8 Å². The molecule has 1 aliphatic heterocycles. The Hall–Kier alpha value is -1.84. The zero-order valence-corrected chi connectivity index (χ0v) is 13.1. The minimum Gasteiger partial charge on any atom is -0.342 e. The molecule has 0 radical (unpaired) electrons. The molecule has 0 saturated carbocycles. The summed E-state index contributed by atoms with van der Waals surface area (Å²) >= 11 is 0. The summed E-state index contributed by atoms with van der Waals surface area (Å²) in [4.78, 5) is 27.1. The van der Waals surface area contributed by atoms with E-state index < -0.39 is 11.6 Å². The van der Waals surface area contributed by atoms with Crippen molar-refractivity contribution < 1.29 is 9.59 Å². The van der Waals surface area contributed by atoms with Crippen LogP contribution in [0, 0.1) is 0 Å². The minimum atomic E-state index is -0.682. The molecule has 1 aliphatic rings. The Bertz CT molecular complexity index is 509. The largest absolute Gasteiger partial charge is 0.342 e. The molecule has 1 atom stereocenters. The van der Waals surface area contributed by atoms with Crippen LogP contribution in [0.1, 0.15) is 39.2 Å². The molecule has 1 heterocycles. The lowest BCUT2D eigenvalue weighted by molar-refractivity contribution is -0.157. The van der Waals surface area contributed by atoms with E-state index in [1.54, 1.807) is 4.90 Å². The van der Waals surface area contributed by atoms with Crippen molar-refractivity contribution in [3.05, 3.63) is 35.9 Å². The lowest BCUT2D eigenvalue weighted by Gasteiger charge is -2.47. The van der Waals surface area contributed by atoms with Gasteiger partial charge in [-0.05, 0) is 25.3 Å². The monoisotopic (exact) mass is 288 g/mol. The second kappa shape index (κ2) is 6.29. The summed E-state index contributed by atoms with van der Waals surface area (Å²) in [5, 5.41) is 2.94. The van der Waals surface area contributed by atoms with Crippen molar-refractivity contribution in [2.75, 3.05) is 6.54 Å². The zero-order valence-electron chi connectivity index (χ0n) is 13.1. The van der Waals surface area contributed by atoms with Gasteiger partial charge in [0.25, 0.3) is 0 Å². The maximum absolute atomic E-state index is 12.8. The molecule has 1 unspecified atom stereocenters. The van der Waals surface area contributed by atoms with Crippen LogP contribution in [-0.4, -0.2) is 34.8 Å². The number of benzene rings is 1. The molecule has 114 valence electrons. The summed E-state index contributed by atoms with van der Waals surface area (Å²) in [7, 11) is 0. The lowest BCUT2D eigenvalue weighted by Crippen LogP contribution is -2.70. The van der Waals surface area contributed by atoms with Crippen molar-refractivity contribution in [2.45, 2.75) is 51.6 Å². The predicted octanol–water partition coefficient (Wildman–Crippen LogP) is 2.13. The predicted molar refractivity (Wildman–Crippen MR) is 82.8 cm³/mol. The number of hydrogen-bond donors (Lipinski definition) is 1. The first kappa shape index (κ1) is 15.5. The zero-order chi connectivity index (χ0) is 15.5. The summed E-state index contributed by atoms with van der Waals surface area (Å²) in [6, 6.07) is 9.36. The number of amides is 2. The minimum absolute atomic E-state index is 0.0186. The smallest absolute Gasteiger partial charge is 0.246 e. The van der Waals surface area contributed by atoms with E-state index >= 15 is 0 Å². The van der Waals surface area contributed by atoms with Gasteiger partial charge in [-0.25, -0.2) is 0 Å². The normalized spacial score (nSPS) is 21.3. The molecule has 1 saturated heterocycles. The van der Waals surface area contributed by atoms with Crippen molar-refractivity contribution >= 4 is 11.8 Å². The van der Waals surface area contributed by atoms with Gasteiger partial charge < -0.3 is 10.2 Å². The Kier molecular flexibility index (Phi) is 4.66. The van der Waals surface area contributed by atoms with E-state index in [1.807, 2.05) is 51.1 Å². The Morgan fingerprint density at radius 1 is 1.10 bits per heavy atom. The van der Waals surface area contributed by atoms with E-state index in [9.17, 15) is 9.59 Å². The molecule has 2 rings (SSSR count). The molecule has 0 bridgehead atoms. The topological polar surface area (TPSA) is 49.4 Å². The molecule has 4 heteroatoms. The Balaban J connectivity index is 2.25. The highest BCUT2D eigenvalue weighted by Gasteiger charge is 2.49. The van der Waals surface area contributed by atoms with Gasteiger partial charge in [-0.3, -0.25) is 9.59 Å². The molecular formula is C17H24N2O2.